The van der Waals surface area contributed by atoms with E-state index in [4.69, 9.17) is 9.47 Å². The molecular formula is C20H21NO5. The summed E-state index contributed by atoms with van der Waals surface area (Å²) < 4.78 is 11.3. The van der Waals surface area contributed by atoms with Crippen molar-refractivity contribution in [2.75, 3.05) is 12.0 Å². The van der Waals surface area contributed by atoms with Crippen molar-refractivity contribution < 1.29 is 24.2 Å². The maximum atomic E-state index is 13.3. The van der Waals surface area contributed by atoms with Crippen molar-refractivity contribution in [1.82, 2.24) is 0 Å². The quantitative estimate of drug-likeness (QED) is 0.821. The molecule has 0 aromatic heterocycles. The van der Waals surface area contributed by atoms with E-state index in [1.54, 1.807) is 30.2 Å². The van der Waals surface area contributed by atoms with Crippen LogP contribution in [0.2, 0.25) is 0 Å². The fraction of sp³-hybridized carbons (Fsp3) is 0.400. The monoisotopic (exact) mass is 355 g/mol. The number of rotatable bonds is 5. The largest absolute Gasteiger partial charge is 0.497 e. The van der Waals surface area contributed by atoms with E-state index in [-0.39, 0.29) is 11.9 Å². The van der Waals surface area contributed by atoms with E-state index in [0.29, 0.717) is 17.9 Å². The average molecular weight is 355 g/mol. The minimum Gasteiger partial charge on any atom is -0.497 e. The van der Waals surface area contributed by atoms with Crippen LogP contribution >= 0.6 is 0 Å². The van der Waals surface area contributed by atoms with Crippen LogP contribution < -0.4 is 9.64 Å². The van der Waals surface area contributed by atoms with Gasteiger partial charge in [-0.25, -0.2) is 0 Å². The molecule has 26 heavy (non-hydrogen) atoms. The predicted octanol–water partition coefficient (Wildman–Crippen LogP) is 2.40. The first-order valence-electron chi connectivity index (χ1n) is 8.60. The maximum Gasteiger partial charge on any atom is 0.310 e. The Labute approximate surface area is 151 Å². The summed E-state index contributed by atoms with van der Waals surface area (Å²) >= 11 is 0. The van der Waals surface area contributed by atoms with Crippen molar-refractivity contribution in [2.45, 2.75) is 31.1 Å². The molecule has 1 N–H and O–H groups in total. The Bertz CT molecular complexity index is 814. The zero-order valence-electron chi connectivity index (χ0n) is 14.7. The summed E-state index contributed by atoms with van der Waals surface area (Å²) in [6.07, 6.45) is 3.66. The Kier molecular flexibility index (Phi) is 3.70. The molecule has 3 aliphatic rings. The number of aliphatic carboxylic acids is 1. The van der Waals surface area contributed by atoms with Gasteiger partial charge in [-0.3, -0.25) is 9.59 Å². The predicted molar refractivity (Wildman–Crippen MR) is 95.1 cm³/mol. The van der Waals surface area contributed by atoms with Gasteiger partial charge in [-0.2, -0.15) is 0 Å². The number of carbonyl (C=O) groups is 2. The van der Waals surface area contributed by atoms with Crippen LogP contribution in [-0.2, 0) is 14.3 Å². The smallest absolute Gasteiger partial charge is 0.310 e. The molecule has 1 aromatic carbocycles. The second-order valence-corrected chi connectivity index (χ2v) is 7.22. The topological polar surface area (TPSA) is 76.1 Å². The minimum absolute atomic E-state index is 0.208. The lowest BCUT2D eigenvalue weighted by Crippen LogP contribution is -2.45. The van der Waals surface area contributed by atoms with Gasteiger partial charge in [0.1, 0.15) is 17.3 Å². The van der Waals surface area contributed by atoms with E-state index in [1.165, 1.54) is 0 Å². The molecule has 0 unspecified atom stereocenters. The summed E-state index contributed by atoms with van der Waals surface area (Å²) in [6, 6.07) is 6.87. The van der Waals surface area contributed by atoms with Crippen molar-refractivity contribution in [2.24, 2.45) is 11.8 Å². The molecule has 1 spiro atoms. The molecule has 2 saturated heterocycles. The van der Waals surface area contributed by atoms with E-state index >= 15 is 0 Å². The third-order valence-corrected chi connectivity index (χ3v) is 5.60. The first-order chi connectivity index (χ1) is 12.4. The van der Waals surface area contributed by atoms with E-state index in [2.05, 4.69) is 6.58 Å². The Morgan fingerprint density at radius 2 is 2.08 bits per heavy atom. The summed E-state index contributed by atoms with van der Waals surface area (Å²) in [5.41, 5.74) is 0.704. The highest BCUT2D eigenvalue weighted by atomic mass is 16.5. The molecule has 0 aliphatic carbocycles. The fourth-order valence-corrected chi connectivity index (χ4v) is 4.56. The molecular weight excluding hydrogens is 334 g/mol. The molecule has 2 fully saturated rings. The van der Waals surface area contributed by atoms with Crippen LogP contribution in [0, 0.1) is 11.8 Å². The summed E-state index contributed by atoms with van der Waals surface area (Å²) in [4.78, 5) is 26.8. The maximum absolute atomic E-state index is 13.3. The molecule has 136 valence electrons. The normalized spacial score (nSPS) is 34.2. The second kappa shape index (κ2) is 5.71. The number of methoxy groups -OCH3 is 1. The number of fused-ring (bicyclic) bond motifs is 1. The molecule has 2 bridgehead atoms. The first kappa shape index (κ1) is 16.8. The van der Waals surface area contributed by atoms with Crippen LogP contribution in [0.25, 0.3) is 0 Å². The zero-order valence-corrected chi connectivity index (χ0v) is 14.7. The molecule has 4 rings (SSSR count). The third kappa shape index (κ3) is 2.15. The summed E-state index contributed by atoms with van der Waals surface area (Å²) in [5.74, 6) is -2.09. The number of ether oxygens (including phenoxy) is 2. The second-order valence-electron chi connectivity index (χ2n) is 7.22. The van der Waals surface area contributed by atoms with Crippen LogP contribution in [-0.4, -0.2) is 41.8 Å². The van der Waals surface area contributed by atoms with Gasteiger partial charge >= 0.3 is 5.97 Å². The molecule has 1 amide bonds. The van der Waals surface area contributed by atoms with Crippen molar-refractivity contribution in [1.29, 1.82) is 0 Å². The lowest BCUT2D eigenvalue weighted by molar-refractivity contribution is -0.146. The van der Waals surface area contributed by atoms with Crippen LogP contribution in [0.3, 0.4) is 0 Å². The van der Waals surface area contributed by atoms with Crippen LogP contribution in [0.15, 0.2) is 48.6 Å². The molecule has 5 atom stereocenters. The Morgan fingerprint density at radius 1 is 1.38 bits per heavy atom. The van der Waals surface area contributed by atoms with Gasteiger partial charge in [0.05, 0.1) is 25.2 Å². The summed E-state index contributed by atoms with van der Waals surface area (Å²) in [6.45, 7) is 5.90. The third-order valence-electron chi connectivity index (χ3n) is 5.60. The standard InChI is InChI=1S/C20H21NO5/c1-11(2)10-15-20-9-8-14(26-20)16(19(23)24)17(20)18(22)21(15)12-4-6-13(25-3)7-5-12/h4-9,14-17H,1,10H2,2-3H3,(H,23,24)/t14-,15+,16-,17+,20-/m1/s1. The van der Waals surface area contributed by atoms with Crippen LogP contribution in [0.1, 0.15) is 13.3 Å². The van der Waals surface area contributed by atoms with Crippen molar-refractivity contribution in [3.8, 4) is 5.75 Å². The number of carbonyl (C=O) groups excluding carboxylic acids is 1. The number of carboxylic acids is 1. The number of nitrogens with zero attached hydrogens (tertiary/aromatic N) is 1. The lowest BCUT2D eigenvalue weighted by atomic mass is 9.74. The van der Waals surface area contributed by atoms with Crippen molar-refractivity contribution in [3.05, 3.63) is 48.6 Å². The number of hydrogen-bond acceptors (Lipinski definition) is 4. The SMILES string of the molecule is C=C(C)C[C@@H]1N(c2ccc(OC)cc2)C(=O)[C@@H]2[C@H](C(=O)O)[C@H]3C=C[C@]21O3. The highest BCUT2D eigenvalue weighted by Gasteiger charge is 2.71. The van der Waals surface area contributed by atoms with E-state index < -0.39 is 29.5 Å². The number of carboxylic acid groups (broad SMARTS) is 1. The number of amides is 1. The fourth-order valence-electron chi connectivity index (χ4n) is 4.56. The zero-order chi connectivity index (χ0) is 18.6. The Hall–Kier alpha value is -2.60. The van der Waals surface area contributed by atoms with Crippen LogP contribution in [0.5, 0.6) is 5.75 Å². The number of anilines is 1. The summed E-state index contributed by atoms with van der Waals surface area (Å²) in [7, 11) is 1.58. The van der Waals surface area contributed by atoms with Gasteiger partial charge in [0.25, 0.3) is 0 Å². The summed E-state index contributed by atoms with van der Waals surface area (Å²) in [5, 5.41) is 9.67. The molecule has 6 heteroatoms. The molecule has 0 saturated carbocycles. The van der Waals surface area contributed by atoms with Crippen molar-refractivity contribution in [3.63, 3.8) is 0 Å². The van der Waals surface area contributed by atoms with E-state index in [0.717, 1.165) is 5.57 Å². The average Bonchev–Trinajstić information content (AvgIpc) is 3.24. The van der Waals surface area contributed by atoms with Crippen LogP contribution in [0.4, 0.5) is 5.69 Å². The number of benzene rings is 1. The highest BCUT2D eigenvalue weighted by Crippen LogP contribution is 2.56. The van der Waals surface area contributed by atoms with Crippen molar-refractivity contribution >= 4 is 17.6 Å². The van der Waals surface area contributed by atoms with Gasteiger partial charge in [0.2, 0.25) is 5.91 Å². The van der Waals surface area contributed by atoms with Gasteiger partial charge in [-0.1, -0.05) is 17.7 Å². The van der Waals surface area contributed by atoms with Gasteiger partial charge in [-0.05, 0) is 37.6 Å². The molecule has 1 aromatic rings. The van der Waals surface area contributed by atoms with Gasteiger partial charge in [0.15, 0.2) is 0 Å². The molecule has 3 aliphatic heterocycles. The Morgan fingerprint density at radius 3 is 2.65 bits per heavy atom. The molecule has 0 radical (unpaired) electrons. The van der Waals surface area contributed by atoms with E-state index in [9.17, 15) is 14.7 Å². The van der Waals surface area contributed by atoms with Gasteiger partial charge < -0.3 is 19.5 Å². The minimum atomic E-state index is -0.995. The van der Waals surface area contributed by atoms with Gasteiger partial charge in [-0.15, -0.1) is 6.58 Å². The van der Waals surface area contributed by atoms with E-state index in [1.807, 2.05) is 25.1 Å². The molecule has 3 heterocycles. The number of hydrogen-bond donors (Lipinski definition) is 1. The Balaban J connectivity index is 1.81. The molecule has 6 nitrogen and oxygen atoms in total. The highest BCUT2D eigenvalue weighted by molar-refractivity contribution is 6.03. The first-order valence-corrected chi connectivity index (χ1v) is 8.60. The lowest BCUT2D eigenvalue weighted by Gasteiger charge is -2.33. The van der Waals surface area contributed by atoms with Gasteiger partial charge in [0, 0.05) is 5.69 Å².